The summed E-state index contributed by atoms with van der Waals surface area (Å²) in [5, 5.41) is 19.6. The van der Waals surface area contributed by atoms with Crippen LogP contribution in [0.3, 0.4) is 0 Å². The molecule has 0 aromatic carbocycles. The molecule has 7 nitrogen and oxygen atoms in total. The van der Waals surface area contributed by atoms with Gasteiger partial charge in [-0.15, -0.1) is 0 Å². The third-order valence-corrected chi connectivity index (χ3v) is 2.71. The molecule has 1 atom stereocenters. The molecule has 1 aromatic rings. The molecule has 1 saturated heterocycles. The number of nitrogens with zero attached hydrogens (tertiary/aromatic N) is 4. The van der Waals surface area contributed by atoms with E-state index in [9.17, 15) is 10.1 Å². The molecule has 1 unspecified atom stereocenters. The van der Waals surface area contributed by atoms with Crippen molar-refractivity contribution >= 4 is 11.5 Å². The second-order valence-corrected chi connectivity index (χ2v) is 3.93. The van der Waals surface area contributed by atoms with Gasteiger partial charge in [0.25, 0.3) is 5.69 Å². The summed E-state index contributed by atoms with van der Waals surface area (Å²) in [6, 6.07) is 3.24. The van der Waals surface area contributed by atoms with Crippen molar-refractivity contribution in [3.63, 3.8) is 0 Å². The van der Waals surface area contributed by atoms with Gasteiger partial charge in [0.1, 0.15) is 23.6 Å². The maximum atomic E-state index is 10.6. The molecule has 88 valence electrons. The summed E-state index contributed by atoms with van der Waals surface area (Å²) in [4.78, 5) is 15.9. The SMILES string of the molecule is N#Cc1cc([N+](=O)[O-])cnc1N1CCC(N)C1. The number of pyridine rings is 1. The molecule has 0 amide bonds. The summed E-state index contributed by atoms with van der Waals surface area (Å²) in [6.45, 7) is 1.35. The first kappa shape index (κ1) is 11.3. The van der Waals surface area contributed by atoms with E-state index in [1.807, 2.05) is 11.0 Å². The standard InChI is InChI=1S/C10H11N5O2/c11-4-7-3-9(15(16)17)5-13-10(7)14-2-1-8(12)6-14/h3,5,8H,1-2,6,12H2. The molecular weight excluding hydrogens is 222 g/mol. The zero-order chi connectivity index (χ0) is 12.4. The maximum absolute atomic E-state index is 10.6. The molecule has 7 heteroatoms. The number of rotatable bonds is 2. The van der Waals surface area contributed by atoms with Gasteiger partial charge in [-0.3, -0.25) is 10.1 Å². The van der Waals surface area contributed by atoms with Crippen LogP contribution in [0.5, 0.6) is 0 Å². The minimum Gasteiger partial charge on any atom is -0.354 e. The Hall–Kier alpha value is -2.20. The van der Waals surface area contributed by atoms with Crippen LogP contribution in [-0.4, -0.2) is 29.0 Å². The van der Waals surface area contributed by atoms with Crippen molar-refractivity contribution in [3.8, 4) is 6.07 Å². The van der Waals surface area contributed by atoms with Crippen molar-refractivity contribution < 1.29 is 4.92 Å². The number of aromatic nitrogens is 1. The van der Waals surface area contributed by atoms with Crippen LogP contribution in [-0.2, 0) is 0 Å². The molecular formula is C10H11N5O2. The van der Waals surface area contributed by atoms with Gasteiger partial charge >= 0.3 is 0 Å². The number of nitriles is 1. The van der Waals surface area contributed by atoms with Gasteiger partial charge in [0.2, 0.25) is 0 Å². The molecule has 17 heavy (non-hydrogen) atoms. The van der Waals surface area contributed by atoms with Crippen molar-refractivity contribution in [3.05, 3.63) is 27.9 Å². The Labute approximate surface area is 97.6 Å². The summed E-state index contributed by atoms with van der Waals surface area (Å²) in [5.74, 6) is 0.478. The van der Waals surface area contributed by atoms with Gasteiger partial charge in [-0.1, -0.05) is 0 Å². The first-order chi connectivity index (χ1) is 8.11. The summed E-state index contributed by atoms with van der Waals surface area (Å²) in [5.41, 5.74) is 5.82. The van der Waals surface area contributed by atoms with Crippen molar-refractivity contribution in [1.29, 1.82) is 5.26 Å². The monoisotopic (exact) mass is 233 g/mol. The van der Waals surface area contributed by atoms with E-state index in [2.05, 4.69) is 4.98 Å². The average molecular weight is 233 g/mol. The lowest BCUT2D eigenvalue weighted by atomic mass is 10.2. The van der Waals surface area contributed by atoms with Crippen LogP contribution in [0.2, 0.25) is 0 Å². The van der Waals surface area contributed by atoms with Gasteiger partial charge in [-0.05, 0) is 6.42 Å². The normalized spacial score (nSPS) is 19.1. The highest BCUT2D eigenvalue weighted by Gasteiger charge is 2.23. The minimum atomic E-state index is -0.562. The first-order valence-corrected chi connectivity index (χ1v) is 5.17. The fourth-order valence-electron chi connectivity index (χ4n) is 1.86. The summed E-state index contributed by atoms with van der Waals surface area (Å²) in [7, 11) is 0. The Bertz CT molecular complexity index is 496. The van der Waals surface area contributed by atoms with E-state index in [1.54, 1.807) is 0 Å². The van der Waals surface area contributed by atoms with E-state index in [1.165, 1.54) is 12.3 Å². The van der Waals surface area contributed by atoms with Crippen LogP contribution in [0.25, 0.3) is 0 Å². The molecule has 1 fully saturated rings. The molecule has 1 aromatic heterocycles. The van der Waals surface area contributed by atoms with Gasteiger partial charge in [-0.25, -0.2) is 4.98 Å². The van der Waals surface area contributed by atoms with Gasteiger partial charge in [0, 0.05) is 25.2 Å². The van der Waals surface area contributed by atoms with E-state index in [0.717, 1.165) is 13.0 Å². The average Bonchev–Trinajstić information content (AvgIpc) is 2.74. The summed E-state index contributed by atoms with van der Waals surface area (Å²) >= 11 is 0. The zero-order valence-electron chi connectivity index (χ0n) is 9.04. The third-order valence-electron chi connectivity index (χ3n) is 2.71. The molecule has 0 spiro atoms. The van der Waals surface area contributed by atoms with Crippen LogP contribution >= 0.6 is 0 Å². The van der Waals surface area contributed by atoms with E-state index in [4.69, 9.17) is 11.0 Å². The predicted octanol–water partition coefficient (Wildman–Crippen LogP) is 0.399. The highest BCUT2D eigenvalue weighted by molar-refractivity contribution is 5.57. The first-order valence-electron chi connectivity index (χ1n) is 5.17. The second kappa shape index (κ2) is 4.35. The Morgan fingerprint density at radius 2 is 2.47 bits per heavy atom. The Morgan fingerprint density at radius 1 is 1.71 bits per heavy atom. The lowest BCUT2D eigenvalue weighted by Crippen LogP contribution is -2.27. The second-order valence-electron chi connectivity index (χ2n) is 3.93. The molecule has 0 aliphatic carbocycles. The third kappa shape index (κ3) is 2.16. The molecule has 0 radical (unpaired) electrons. The number of nitrogens with two attached hydrogens (primary N) is 1. The Kier molecular flexibility index (Phi) is 2.89. The number of hydrogen-bond donors (Lipinski definition) is 1. The Morgan fingerprint density at radius 3 is 3.00 bits per heavy atom. The van der Waals surface area contributed by atoms with E-state index >= 15 is 0 Å². The molecule has 0 saturated carbocycles. The Balaban J connectivity index is 2.35. The minimum absolute atomic E-state index is 0.0681. The van der Waals surface area contributed by atoms with Crippen molar-refractivity contribution in [2.45, 2.75) is 12.5 Å². The van der Waals surface area contributed by atoms with Gasteiger partial charge in [0.15, 0.2) is 0 Å². The zero-order valence-corrected chi connectivity index (χ0v) is 9.04. The lowest BCUT2D eigenvalue weighted by Gasteiger charge is -2.17. The highest BCUT2D eigenvalue weighted by atomic mass is 16.6. The maximum Gasteiger partial charge on any atom is 0.289 e. The van der Waals surface area contributed by atoms with Crippen LogP contribution in [0, 0.1) is 21.4 Å². The quantitative estimate of drug-likeness (QED) is 0.584. The number of anilines is 1. The highest BCUT2D eigenvalue weighted by Crippen LogP contribution is 2.24. The smallest absolute Gasteiger partial charge is 0.289 e. The van der Waals surface area contributed by atoms with Crippen molar-refractivity contribution in [2.75, 3.05) is 18.0 Å². The lowest BCUT2D eigenvalue weighted by molar-refractivity contribution is -0.385. The van der Waals surface area contributed by atoms with Gasteiger partial charge in [0.05, 0.1) is 4.92 Å². The molecule has 2 heterocycles. The number of hydrogen-bond acceptors (Lipinski definition) is 6. The van der Waals surface area contributed by atoms with Gasteiger partial charge < -0.3 is 10.6 Å². The van der Waals surface area contributed by atoms with Crippen LogP contribution < -0.4 is 10.6 Å². The van der Waals surface area contributed by atoms with E-state index < -0.39 is 4.92 Å². The number of nitro groups is 1. The largest absolute Gasteiger partial charge is 0.354 e. The topological polar surface area (TPSA) is 109 Å². The molecule has 2 rings (SSSR count). The molecule has 2 N–H and O–H groups in total. The van der Waals surface area contributed by atoms with Crippen LogP contribution in [0.4, 0.5) is 11.5 Å². The van der Waals surface area contributed by atoms with Crippen molar-refractivity contribution in [2.24, 2.45) is 5.73 Å². The van der Waals surface area contributed by atoms with Crippen molar-refractivity contribution in [1.82, 2.24) is 4.98 Å². The van der Waals surface area contributed by atoms with E-state index in [0.29, 0.717) is 12.4 Å². The van der Waals surface area contributed by atoms with E-state index in [-0.39, 0.29) is 17.3 Å². The molecule has 1 aliphatic rings. The van der Waals surface area contributed by atoms with Crippen LogP contribution in [0.15, 0.2) is 12.3 Å². The van der Waals surface area contributed by atoms with Gasteiger partial charge in [-0.2, -0.15) is 5.26 Å². The fraction of sp³-hybridized carbons (Fsp3) is 0.400. The van der Waals surface area contributed by atoms with Crippen LogP contribution in [0.1, 0.15) is 12.0 Å². The molecule has 1 aliphatic heterocycles. The predicted molar refractivity (Wildman–Crippen MR) is 60.4 cm³/mol. The molecule has 0 bridgehead atoms. The fourth-order valence-corrected chi connectivity index (χ4v) is 1.86. The summed E-state index contributed by atoms with van der Waals surface area (Å²) < 4.78 is 0. The summed E-state index contributed by atoms with van der Waals surface area (Å²) in [6.07, 6.45) is 2.00.